The second-order valence-electron chi connectivity index (χ2n) is 4.15. The van der Waals surface area contributed by atoms with E-state index in [1.807, 2.05) is 31.2 Å². The van der Waals surface area contributed by atoms with Gasteiger partial charge in [-0.2, -0.15) is 0 Å². The number of hydrogen-bond donors (Lipinski definition) is 2. The molecule has 6 heteroatoms. The quantitative estimate of drug-likeness (QED) is 0.756. The number of aryl methyl sites for hydroxylation is 1. The molecule has 0 unspecified atom stereocenters. The zero-order valence-electron chi connectivity index (χ0n) is 9.90. The van der Waals surface area contributed by atoms with Crippen molar-refractivity contribution in [1.82, 2.24) is 10.1 Å². The molecule has 0 saturated heterocycles. The molecule has 5 nitrogen and oxygen atoms in total. The molecule has 0 aliphatic heterocycles. The van der Waals surface area contributed by atoms with Gasteiger partial charge in [0.25, 0.3) is 0 Å². The van der Waals surface area contributed by atoms with Crippen molar-refractivity contribution in [3.05, 3.63) is 40.1 Å². The van der Waals surface area contributed by atoms with Gasteiger partial charge >= 0.3 is 5.97 Å². The van der Waals surface area contributed by atoms with Gasteiger partial charge in [0.2, 0.25) is 5.69 Å². The van der Waals surface area contributed by atoms with E-state index in [9.17, 15) is 4.79 Å². The van der Waals surface area contributed by atoms with Gasteiger partial charge in [-0.25, -0.2) is 4.79 Å². The van der Waals surface area contributed by atoms with Crippen LogP contribution in [-0.4, -0.2) is 21.2 Å². The number of halogens is 1. The number of hydrogen-bond acceptors (Lipinski definition) is 3. The van der Waals surface area contributed by atoms with Crippen molar-refractivity contribution >= 4 is 32.8 Å². The van der Waals surface area contributed by atoms with Gasteiger partial charge in [0, 0.05) is 22.2 Å². The van der Waals surface area contributed by atoms with Crippen molar-refractivity contribution in [2.75, 3.05) is 0 Å². The largest absolute Gasteiger partial charge is 0.476 e. The van der Waals surface area contributed by atoms with Crippen LogP contribution < -0.4 is 0 Å². The maximum atomic E-state index is 11.0. The highest BCUT2D eigenvalue weighted by atomic mass is 79.9. The van der Waals surface area contributed by atoms with Gasteiger partial charge in [-0.15, -0.1) is 0 Å². The Balaban J connectivity index is 2.30. The SMILES string of the molecule is Cc1[nH]c2ccccc2c1-c1onc(C(=O)O)c1Br. The van der Waals surface area contributed by atoms with Crippen LogP contribution in [0.1, 0.15) is 16.2 Å². The second kappa shape index (κ2) is 4.24. The Bertz CT molecular complexity index is 788. The molecular weight excluding hydrogens is 312 g/mol. The predicted molar refractivity (Wildman–Crippen MR) is 73.2 cm³/mol. The summed E-state index contributed by atoms with van der Waals surface area (Å²) in [4.78, 5) is 14.2. The minimum absolute atomic E-state index is 0.125. The lowest BCUT2D eigenvalue weighted by atomic mass is 10.1. The summed E-state index contributed by atoms with van der Waals surface area (Å²) in [6.07, 6.45) is 0. The van der Waals surface area contributed by atoms with Crippen molar-refractivity contribution in [2.45, 2.75) is 6.92 Å². The molecule has 0 bridgehead atoms. The maximum absolute atomic E-state index is 11.0. The number of para-hydroxylation sites is 1. The molecule has 2 aromatic heterocycles. The summed E-state index contributed by atoms with van der Waals surface area (Å²) in [5.41, 5.74) is 2.56. The third-order valence-electron chi connectivity index (χ3n) is 2.96. The molecule has 2 N–H and O–H groups in total. The van der Waals surface area contributed by atoms with E-state index in [-0.39, 0.29) is 5.69 Å². The van der Waals surface area contributed by atoms with Gasteiger partial charge < -0.3 is 14.6 Å². The molecule has 0 spiro atoms. The number of aromatic carboxylic acids is 1. The van der Waals surface area contributed by atoms with Gasteiger partial charge in [-0.1, -0.05) is 23.4 Å². The summed E-state index contributed by atoms with van der Waals surface area (Å²) >= 11 is 3.24. The van der Waals surface area contributed by atoms with Crippen molar-refractivity contribution in [3.8, 4) is 11.3 Å². The summed E-state index contributed by atoms with van der Waals surface area (Å²) in [7, 11) is 0. The summed E-state index contributed by atoms with van der Waals surface area (Å²) in [5, 5.41) is 13.5. The molecule has 1 aromatic carbocycles. The first kappa shape index (κ1) is 12.0. The van der Waals surface area contributed by atoms with E-state index in [4.69, 9.17) is 9.63 Å². The summed E-state index contributed by atoms with van der Waals surface area (Å²) in [6.45, 7) is 1.91. The van der Waals surface area contributed by atoms with Crippen molar-refractivity contribution in [3.63, 3.8) is 0 Å². The number of aromatic amines is 1. The van der Waals surface area contributed by atoms with E-state index in [2.05, 4.69) is 26.1 Å². The molecule has 0 radical (unpaired) electrons. The number of aromatic nitrogens is 2. The van der Waals surface area contributed by atoms with Crippen molar-refractivity contribution in [1.29, 1.82) is 0 Å². The normalized spacial score (nSPS) is 11.1. The van der Waals surface area contributed by atoms with E-state index in [1.54, 1.807) is 0 Å². The number of benzene rings is 1. The lowest BCUT2D eigenvalue weighted by Gasteiger charge is -1.96. The fourth-order valence-corrected chi connectivity index (χ4v) is 2.65. The molecule has 0 saturated carbocycles. The van der Waals surface area contributed by atoms with Gasteiger partial charge in [0.15, 0.2) is 5.76 Å². The number of carboxylic acids is 1. The van der Waals surface area contributed by atoms with Crippen molar-refractivity contribution < 1.29 is 14.4 Å². The molecule has 0 fully saturated rings. The van der Waals surface area contributed by atoms with E-state index in [0.29, 0.717) is 10.2 Å². The summed E-state index contributed by atoms with van der Waals surface area (Å²) in [6, 6.07) is 7.75. The number of rotatable bonds is 2. The topological polar surface area (TPSA) is 79.1 Å². The fraction of sp³-hybridized carbons (Fsp3) is 0.0769. The Morgan fingerprint density at radius 1 is 1.42 bits per heavy atom. The monoisotopic (exact) mass is 320 g/mol. The number of carbonyl (C=O) groups is 1. The molecule has 96 valence electrons. The van der Waals surface area contributed by atoms with Gasteiger partial charge in [-0.05, 0) is 28.9 Å². The van der Waals surface area contributed by atoms with Crippen LogP contribution in [0.5, 0.6) is 0 Å². The Morgan fingerprint density at radius 3 is 2.84 bits per heavy atom. The number of carboxylic acid groups (broad SMARTS) is 1. The Hall–Kier alpha value is -2.08. The lowest BCUT2D eigenvalue weighted by Crippen LogP contribution is -1.96. The zero-order valence-corrected chi connectivity index (χ0v) is 11.5. The first-order chi connectivity index (χ1) is 9.09. The van der Waals surface area contributed by atoms with Crippen LogP contribution in [0.15, 0.2) is 33.3 Å². The van der Waals surface area contributed by atoms with Gasteiger partial charge in [-0.3, -0.25) is 0 Å². The van der Waals surface area contributed by atoms with Crippen LogP contribution in [0.25, 0.3) is 22.2 Å². The number of nitrogens with one attached hydrogen (secondary N) is 1. The lowest BCUT2D eigenvalue weighted by molar-refractivity contribution is 0.0685. The average Bonchev–Trinajstić information content (AvgIpc) is 2.88. The summed E-state index contributed by atoms with van der Waals surface area (Å²) < 4.78 is 5.55. The molecule has 19 heavy (non-hydrogen) atoms. The van der Waals surface area contributed by atoms with E-state index in [0.717, 1.165) is 22.2 Å². The van der Waals surface area contributed by atoms with Crippen LogP contribution in [0.2, 0.25) is 0 Å². The van der Waals surface area contributed by atoms with E-state index < -0.39 is 5.97 Å². The smallest absolute Gasteiger partial charge is 0.359 e. The predicted octanol–water partition coefficient (Wildman–Crippen LogP) is 3.59. The second-order valence-corrected chi connectivity index (χ2v) is 4.94. The molecule has 2 heterocycles. The van der Waals surface area contributed by atoms with E-state index in [1.165, 1.54) is 0 Å². The molecule has 0 aliphatic rings. The van der Waals surface area contributed by atoms with E-state index >= 15 is 0 Å². The molecule has 0 atom stereocenters. The third kappa shape index (κ3) is 1.76. The minimum Gasteiger partial charge on any atom is -0.476 e. The Morgan fingerprint density at radius 2 is 2.16 bits per heavy atom. The average molecular weight is 321 g/mol. The van der Waals surface area contributed by atoms with Crippen LogP contribution in [0.4, 0.5) is 0 Å². The molecule has 3 rings (SSSR count). The Labute approximate surface area is 116 Å². The molecule has 0 amide bonds. The van der Waals surface area contributed by atoms with Crippen molar-refractivity contribution in [2.24, 2.45) is 0 Å². The maximum Gasteiger partial charge on any atom is 0.359 e. The van der Waals surface area contributed by atoms with Crippen LogP contribution in [0, 0.1) is 6.92 Å². The highest BCUT2D eigenvalue weighted by molar-refractivity contribution is 9.10. The van der Waals surface area contributed by atoms with Crippen LogP contribution in [0.3, 0.4) is 0 Å². The zero-order chi connectivity index (χ0) is 13.6. The highest BCUT2D eigenvalue weighted by Gasteiger charge is 2.23. The van der Waals surface area contributed by atoms with Gasteiger partial charge in [0.05, 0.1) is 0 Å². The first-order valence-electron chi connectivity index (χ1n) is 5.55. The van der Waals surface area contributed by atoms with Gasteiger partial charge in [0.1, 0.15) is 4.47 Å². The number of fused-ring (bicyclic) bond motifs is 1. The molecule has 3 aromatic rings. The summed E-state index contributed by atoms with van der Waals surface area (Å²) in [5.74, 6) is -0.702. The van der Waals surface area contributed by atoms with Crippen LogP contribution in [-0.2, 0) is 0 Å². The molecule has 0 aliphatic carbocycles. The fourth-order valence-electron chi connectivity index (χ4n) is 2.14. The standard InChI is InChI=1S/C13H9BrN2O3/c1-6-9(7-4-2-3-5-8(7)15-6)12-10(14)11(13(17)18)16-19-12/h2-5,15H,1H3,(H,17,18). The van der Waals surface area contributed by atoms with Crippen LogP contribution >= 0.6 is 15.9 Å². The minimum atomic E-state index is -1.13. The number of nitrogens with zero attached hydrogens (tertiary/aromatic N) is 1. The first-order valence-corrected chi connectivity index (χ1v) is 6.35. The number of H-pyrrole nitrogens is 1. The Kier molecular flexibility index (Phi) is 2.67. The molecular formula is C13H9BrN2O3. The third-order valence-corrected chi connectivity index (χ3v) is 3.69. The highest BCUT2D eigenvalue weighted by Crippen LogP contribution is 2.37.